The molecule has 3 heteroatoms. The van der Waals surface area contributed by atoms with E-state index in [-0.39, 0.29) is 0 Å². The number of nitrogens with one attached hydrogen (secondary N) is 1. The Hall–Kier alpha value is -0.570. The van der Waals surface area contributed by atoms with Gasteiger partial charge < -0.3 is 10.1 Å². The predicted molar refractivity (Wildman–Crippen MR) is 76.1 cm³/mol. The second-order valence-corrected chi connectivity index (χ2v) is 5.54. The molecule has 1 aliphatic rings. The minimum absolute atomic E-state index is 0.849. The van der Waals surface area contributed by atoms with Gasteiger partial charge in [0.1, 0.15) is 0 Å². The zero-order valence-corrected chi connectivity index (χ0v) is 11.8. The number of ether oxygens (including phenoxy) is 1. The summed E-state index contributed by atoms with van der Waals surface area (Å²) in [6.07, 6.45) is 3.81. The molecule has 0 unspecified atom stereocenters. The van der Waals surface area contributed by atoms with Crippen molar-refractivity contribution in [1.29, 1.82) is 0 Å². The predicted octanol–water partition coefficient (Wildman–Crippen LogP) is 3.55. The first-order valence-corrected chi connectivity index (χ1v) is 7.17. The molecule has 2 nitrogen and oxygen atoms in total. The number of hydrogen-bond donors (Lipinski definition) is 1. The fourth-order valence-electron chi connectivity index (χ4n) is 1.81. The van der Waals surface area contributed by atoms with E-state index in [1.807, 2.05) is 13.0 Å². The van der Waals surface area contributed by atoms with Gasteiger partial charge in [-0.25, -0.2) is 0 Å². The summed E-state index contributed by atoms with van der Waals surface area (Å²) in [7, 11) is 0. The normalized spacial score (nSPS) is 15.0. The van der Waals surface area contributed by atoms with Crippen LogP contribution in [-0.2, 0) is 11.3 Å². The standard InChI is InChI=1S/C15H22ClNO/c1-12-3-4-14(9-15(12)16)10-17-7-2-8-18-11-13-5-6-13/h3-4,9,13,17H,2,5-8,10-11H2,1H3. The maximum Gasteiger partial charge on any atom is 0.0494 e. The van der Waals surface area contributed by atoms with E-state index in [1.54, 1.807) is 0 Å². The lowest BCUT2D eigenvalue weighted by atomic mass is 10.1. The lowest BCUT2D eigenvalue weighted by Crippen LogP contribution is -2.16. The molecule has 0 atom stereocenters. The quantitative estimate of drug-likeness (QED) is 0.728. The molecule has 0 spiro atoms. The van der Waals surface area contributed by atoms with E-state index in [9.17, 15) is 0 Å². The van der Waals surface area contributed by atoms with Gasteiger partial charge in [0.05, 0.1) is 0 Å². The van der Waals surface area contributed by atoms with Gasteiger partial charge in [-0.3, -0.25) is 0 Å². The molecule has 18 heavy (non-hydrogen) atoms. The zero-order chi connectivity index (χ0) is 12.8. The zero-order valence-electron chi connectivity index (χ0n) is 11.0. The highest BCUT2D eigenvalue weighted by Gasteiger charge is 2.20. The number of aryl methyl sites for hydroxylation is 1. The smallest absolute Gasteiger partial charge is 0.0494 e. The van der Waals surface area contributed by atoms with Crippen molar-refractivity contribution in [1.82, 2.24) is 5.32 Å². The van der Waals surface area contributed by atoms with Crippen LogP contribution in [0.15, 0.2) is 18.2 Å². The average molecular weight is 268 g/mol. The maximum atomic E-state index is 6.08. The molecule has 0 radical (unpaired) electrons. The monoisotopic (exact) mass is 267 g/mol. The molecule has 100 valence electrons. The largest absolute Gasteiger partial charge is 0.381 e. The summed E-state index contributed by atoms with van der Waals surface area (Å²) >= 11 is 6.08. The van der Waals surface area contributed by atoms with Crippen LogP contribution in [0.5, 0.6) is 0 Å². The molecular formula is C15H22ClNO. The number of rotatable bonds is 8. The van der Waals surface area contributed by atoms with Gasteiger partial charge in [0.25, 0.3) is 0 Å². The van der Waals surface area contributed by atoms with Crippen molar-refractivity contribution >= 4 is 11.6 Å². The lowest BCUT2D eigenvalue weighted by Gasteiger charge is -2.07. The Labute approximate surface area is 115 Å². The summed E-state index contributed by atoms with van der Waals surface area (Å²) in [6.45, 7) is 5.74. The van der Waals surface area contributed by atoms with Crippen molar-refractivity contribution in [2.45, 2.75) is 32.7 Å². The average Bonchev–Trinajstić information content (AvgIpc) is 3.16. The summed E-state index contributed by atoms with van der Waals surface area (Å²) < 4.78 is 5.58. The minimum Gasteiger partial charge on any atom is -0.381 e. The first-order valence-electron chi connectivity index (χ1n) is 6.79. The van der Waals surface area contributed by atoms with Crippen LogP contribution in [0.4, 0.5) is 0 Å². The van der Waals surface area contributed by atoms with Crippen molar-refractivity contribution in [2.24, 2.45) is 5.92 Å². The van der Waals surface area contributed by atoms with E-state index < -0.39 is 0 Å². The highest BCUT2D eigenvalue weighted by atomic mass is 35.5. The molecule has 1 aliphatic carbocycles. The summed E-state index contributed by atoms with van der Waals surface area (Å²) in [4.78, 5) is 0. The van der Waals surface area contributed by atoms with Gasteiger partial charge in [-0.05, 0) is 55.8 Å². The Bertz CT molecular complexity index is 377. The molecule has 0 saturated heterocycles. The van der Waals surface area contributed by atoms with Gasteiger partial charge in [-0.15, -0.1) is 0 Å². The highest BCUT2D eigenvalue weighted by Crippen LogP contribution is 2.28. The van der Waals surface area contributed by atoms with Crippen LogP contribution in [0, 0.1) is 12.8 Å². The Morgan fingerprint density at radius 1 is 1.39 bits per heavy atom. The summed E-state index contributed by atoms with van der Waals surface area (Å²) in [6, 6.07) is 6.23. The first-order chi connectivity index (χ1) is 8.75. The molecule has 0 heterocycles. The third-order valence-corrected chi connectivity index (χ3v) is 3.67. The van der Waals surface area contributed by atoms with Gasteiger partial charge in [-0.1, -0.05) is 23.7 Å². The summed E-state index contributed by atoms with van der Waals surface area (Å²) in [5.74, 6) is 0.868. The van der Waals surface area contributed by atoms with E-state index >= 15 is 0 Å². The van der Waals surface area contributed by atoms with Crippen LogP contribution >= 0.6 is 11.6 Å². The van der Waals surface area contributed by atoms with E-state index in [0.717, 1.165) is 49.2 Å². The molecule has 1 N–H and O–H groups in total. The van der Waals surface area contributed by atoms with Gasteiger partial charge in [-0.2, -0.15) is 0 Å². The van der Waals surface area contributed by atoms with Crippen LogP contribution in [0.1, 0.15) is 30.4 Å². The van der Waals surface area contributed by atoms with Crippen LogP contribution in [0.3, 0.4) is 0 Å². The fraction of sp³-hybridized carbons (Fsp3) is 0.600. The van der Waals surface area contributed by atoms with Crippen LogP contribution in [0.2, 0.25) is 5.02 Å². The molecule has 1 aromatic rings. The van der Waals surface area contributed by atoms with Crippen molar-refractivity contribution in [3.8, 4) is 0 Å². The number of halogens is 1. The third-order valence-electron chi connectivity index (χ3n) is 3.26. The Morgan fingerprint density at radius 2 is 2.22 bits per heavy atom. The SMILES string of the molecule is Cc1ccc(CNCCCOCC2CC2)cc1Cl. The van der Waals surface area contributed by atoms with Gasteiger partial charge in [0, 0.05) is 24.8 Å². The number of hydrogen-bond acceptors (Lipinski definition) is 2. The molecule has 0 bridgehead atoms. The fourth-order valence-corrected chi connectivity index (χ4v) is 2.02. The van der Waals surface area contributed by atoms with Crippen molar-refractivity contribution < 1.29 is 4.74 Å². The van der Waals surface area contributed by atoms with E-state index in [4.69, 9.17) is 16.3 Å². The molecule has 0 aromatic heterocycles. The van der Waals surface area contributed by atoms with Crippen molar-refractivity contribution in [3.63, 3.8) is 0 Å². The van der Waals surface area contributed by atoms with Crippen LogP contribution in [0.25, 0.3) is 0 Å². The Morgan fingerprint density at radius 3 is 2.94 bits per heavy atom. The summed E-state index contributed by atoms with van der Waals surface area (Å²) in [5, 5.41) is 4.26. The topological polar surface area (TPSA) is 21.3 Å². The van der Waals surface area contributed by atoms with E-state index in [0.29, 0.717) is 0 Å². The van der Waals surface area contributed by atoms with Crippen LogP contribution < -0.4 is 5.32 Å². The third kappa shape index (κ3) is 4.97. The van der Waals surface area contributed by atoms with E-state index in [1.165, 1.54) is 18.4 Å². The second kappa shape index (κ2) is 7.13. The second-order valence-electron chi connectivity index (χ2n) is 5.13. The maximum absolute atomic E-state index is 6.08. The molecule has 1 saturated carbocycles. The van der Waals surface area contributed by atoms with Crippen LogP contribution in [-0.4, -0.2) is 19.8 Å². The lowest BCUT2D eigenvalue weighted by molar-refractivity contribution is 0.122. The molecule has 0 aliphatic heterocycles. The molecule has 2 rings (SSSR count). The first kappa shape index (κ1) is 13.9. The molecule has 1 aromatic carbocycles. The molecule has 0 amide bonds. The highest BCUT2D eigenvalue weighted by molar-refractivity contribution is 6.31. The number of benzene rings is 1. The van der Waals surface area contributed by atoms with Crippen molar-refractivity contribution in [2.75, 3.05) is 19.8 Å². The van der Waals surface area contributed by atoms with Gasteiger partial charge in [0.15, 0.2) is 0 Å². The molecular weight excluding hydrogens is 246 g/mol. The van der Waals surface area contributed by atoms with E-state index in [2.05, 4.69) is 17.4 Å². The summed E-state index contributed by atoms with van der Waals surface area (Å²) in [5.41, 5.74) is 2.37. The van der Waals surface area contributed by atoms with Gasteiger partial charge in [0.2, 0.25) is 0 Å². The van der Waals surface area contributed by atoms with Crippen molar-refractivity contribution in [3.05, 3.63) is 34.3 Å². The Balaban J connectivity index is 1.52. The minimum atomic E-state index is 0.849. The molecule has 1 fully saturated rings. The van der Waals surface area contributed by atoms with Gasteiger partial charge >= 0.3 is 0 Å². The Kier molecular flexibility index (Phi) is 5.48.